The minimum absolute atomic E-state index is 0.347. The van der Waals surface area contributed by atoms with Gasteiger partial charge in [0.15, 0.2) is 0 Å². The fraction of sp³-hybridized carbons (Fsp3) is 0.312. The monoisotopic (exact) mass is 273 g/mol. The molecule has 0 unspecified atom stereocenters. The van der Waals surface area contributed by atoms with E-state index in [1.165, 1.54) is 0 Å². The van der Waals surface area contributed by atoms with Crippen LogP contribution in [0.1, 0.15) is 13.8 Å². The molecular formula is C16H19NO3. The first-order chi connectivity index (χ1) is 9.65. The zero-order chi connectivity index (χ0) is 14.5. The molecule has 0 spiro atoms. The molecule has 106 valence electrons. The smallest absolute Gasteiger partial charge is 0.335 e. The van der Waals surface area contributed by atoms with Crippen LogP contribution in [0.25, 0.3) is 10.9 Å². The lowest BCUT2D eigenvalue weighted by molar-refractivity contribution is -0.138. The predicted molar refractivity (Wildman–Crippen MR) is 78.9 cm³/mol. The first kappa shape index (κ1) is 14.2. The Morgan fingerprint density at radius 2 is 2.05 bits per heavy atom. The van der Waals surface area contributed by atoms with E-state index in [-0.39, 0.29) is 5.97 Å². The molecule has 20 heavy (non-hydrogen) atoms. The van der Waals surface area contributed by atoms with Crippen LogP contribution in [0.3, 0.4) is 0 Å². The number of ether oxygens (including phenoxy) is 2. The maximum atomic E-state index is 11.6. The summed E-state index contributed by atoms with van der Waals surface area (Å²) in [6.07, 6.45) is 1.94. The maximum Gasteiger partial charge on any atom is 0.335 e. The second-order valence-corrected chi connectivity index (χ2v) is 4.42. The van der Waals surface area contributed by atoms with Crippen molar-refractivity contribution in [2.75, 3.05) is 13.2 Å². The SMILES string of the molecule is C=C(Cn1ccc2cc(OCC)ccc21)C(=O)OCC. The molecule has 0 saturated heterocycles. The highest BCUT2D eigenvalue weighted by molar-refractivity contribution is 5.88. The van der Waals surface area contributed by atoms with E-state index in [0.29, 0.717) is 25.3 Å². The fourth-order valence-corrected chi connectivity index (χ4v) is 2.08. The van der Waals surface area contributed by atoms with E-state index in [0.717, 1.165) is 16.7 Å². The Morgan fingerprint density at radius 3 is 2.75 bits per heavy atom. The van der Waals surface area contributed by atoms with Gasteiger partial charge in [0.25, 0.3) is 0 Å². The first-order valence-electron chi connectivity index (χ1n) is 6.72. The van der Waals surface area contributed by atoms with Crippen LogP contribution in [0.15, 0.2) is 42.6 Å². The fourth-order valence-electron chi connectivity index (χ4n) is 2.08. The van der Waals surface area contributed by atoms with Crippen LogP contribution in [-0.4, -0.2) is 23.8 Å². The average Bonchev–Trinajstić information content (AvgIpc) is 2.82. The molecule has 4 heteroatoms. The van der Waals surface area contributed by atoms with Gasteiger partial charge in [-0.2, -0.15) is 0 Å². The number of carbonyl (C=O) groups is 1. The standard InChI is InChI=1S/C16H19NO3/c1-4-19-14-6-7-15-13(10-14)8-9-17(15)11-12(3)16(18)20-5-2/h6-10H,3-5,11H2,1-2H3. The number of nitrogens with zero attached hydrogens (tertiary/aromatic N) is 1. The van der Waals surface area contributed by atoms with Crippen molar-refractivity contribution in [2.24, 2.45) is 0 Å². The molecule has 1 aromatic carbocycles. The van der Waals surface area contributed by atoms with Gasteiger partial charge in [0, 0.05) is 22.7 Å². The summed E-state index contributed by atoms with van der Waals surface area (Å²) < 4.78 is 12.4. The molecule has 2 aromatic rings. The van der Waals surface area contributed by atoms with Crippen LogP contribution < -0.4 is 4.74 Å². The van der Waals surface area contributed by atoms with Crippen molar-refractivity contribution in [3.63, 3.8) is 0 Å². The van der Waals surface area contributed by atoms with E-state index in [2.05, 4.69) is 6.58 Å². The van der Waals surface area contributed by atoms with Gasteiger partial charge in [0.05, 0.1) is 19.8 Å². The summed E-state index contributed by atoms with van der Waals surface area (Å²) in [5.41, 5.74) is 1.48. The number of carbonyl (C=O) groups excluding carboxylic acids is 1. The van der Waals surface area contributed by atoms with Gasteiger partial charge in [-0.05, 0) is 38.1 Å². The number of rotatable bonds is 6. The van der Waals surface area contributed by atoms with E-state index in [1.54, 1.807) is 6.92 Å². The van der Waals surface area contributed by atoms with E-state index in [1.807, 2.05) is 42.0 Å². The Labute approximate surface area is 118 Å². The molecule has 0 radical (unpaired) electrons. The predicted octanol–water partition coefficient (Wildman–Crippen LogP) is 3.16. The molecular weight excluding hydrogens is 254 g/mol. The van der Waals surface area contributed by atoms with Crippen LogP contribution in [0.2, 0.25) is 0 Å². The summed E-state index contributed by atoms with van der Waals surface area (Å²) in [5.74, 6) is 0.502. The van der Waals surface area contributed by atoms with Crippen molar-refractivity contribution in [1.82, 2.24) is 4.57 Å². The Kier molecular flexibility index (Phi) is 4.45. The van der Waals surface area contributed by atoms with E-state index < -0.39 is 0 Å². The molecule has 4 nitrogen and oxygen atoms in total. The highest BCUT2D eigenvalue weighted by atomic mass is 16.5. The molecule has 1 heterocycles. The van der Waals surface area contributed by atoms with Crippen LogP contribution in [-0.2, 0) is 16.1 Å². The summed E-state index contributed by atoms with van der Waals surface area (Å²) in [6.45, 7) is 8.96. The Bertz CT molecular complexity index is 628. The van der Waals surface area contributed by atoms with Crippen LogP contribution in [0.4, 0.5) is 0 Å². The van der Waals surface area contributed by atoms with Crippen molar-refractivity contribution >= 4 is 16.9 Å². The average molecular weight is 273 g/mol. The quantitative estimate of drug-likeness (QED) is 0.599. The van der Waals surface area contributed by atoms with Crippen molar-refractivity contribution < 1.29 is 14.3 Å². The Balaban J connectivity index is 2.19. The molecule has 0 aliphatic carbocycles. The summed E-state index contributed by atoms with van der Waals surface area (Å²) in [4.78, 5) is 11.6. The van der Waals surface area contributed by atoms with Crippen molar-refractivity contribution in [3.05, 3.63) is 42.6 Å². The summed E-state index contributed by atoms with van der Waals surface area (Å²) in [5, 5.41) is 1.08. The summed E-state index contributed by atoms with van der Waals surface area (Å²) in [7, 11) is 0. The number of fused-ring (bicyclic) bond motifs is 1. The highest BCUT2D eigenvalue weighted by Gasteiger charge is 2.10. The topological polar surface area (TPSA) is 40.5 Å². The number of hydrogen-bond donors (Lipinski definition) is 0. The molecule has 0 atom stereocenters. The molecule has 2 rings (SSSR count). The van der Waals surface area contributed by atoms with Crippen molar-refractivity contribution in [3.8, 4) is 5.75 Å². The lowest BCUT2D eigenvalue weighted by Crippen LogP contribution is -2.11. The Morgan fingerprint density at radius 1 is 1.25 bits per heavy atom. The first-order valence-corrected chi connectivity index (χ1v) is 6.72. The van der Waals surface area contributed by atoms with Crippen LogP contribution in [0, 0.1) is 0 Å². The number of esters is 1. The van der Waals surface area contributed by atoms with Gasteiger partial charge in [-0.25, -0.2) is 4.79 Å². The third-order valence-electron chi connectivity index (χ3n) is 2.98. The van der Waals surface area contributed by atoms with Gasteiger partial charge in [-0.15, -0.1) is 0 Å². The van der Waals surface area contributed by atoms with Gasteiger partial charge < -0.3 is 14.0 Å². The number of aromatic nitrogens is 1. The largest absolute Gasteiger partial charge is 0.494 e. The summed E-state index contributed by atoms with van der Waals surface area (Å²) in [6, 6.07) is 7.90. The third-order valence-corrected chi connectivity index (χ3v) is 2.98. The minimum atomic E-state index is -0.347. The molecule has 0 fully saturated rings. The zero-order valence-electron chi connectivity index (χ0n) is 11.9. The summed E-state index contributed by atoms with van der Waals surface area (Å²) >= 11 is 0. The second kappa shape index (κ2) is 6.28. The highest BCUT2D eigenvalue weighted by Crippen LogP contribution is 2.22. The minimum Gasteiger partial charge on any atom is -0.494 e. The lowest BCUT2D eigenvalue weighted by Gasteiger charge is -2.08. The molecule has 0 aliphatic heterocycles. The van der Waals surface area contributed by atoms with Gasteiger partial charge in [-0.1, -0.05) is 6.58 Å². The van der Waals surface area contributed by atoms with E-state index in [4.69, 9.17) is 9.47 Å². The normalized spacial score (nSPS) is 10.5. The maximum absolute atomic E-state index is 11.6. The van der Waals surface area contributed by atoms with Crippen molar-refractivity contribution in [1.29, 1.82) is 0 Å². The molecule has 0 amide bonds. The van der Waals surface area contributed by atoms with Gasteiger partial charge in [0.1, 0.15) is 5.75 Å². The number of benzene rings is 1. The van der Waals surface area contributed by atoms with Crippen LogP contribution in [0.5, 0.6) is 5.75 Å². The van der Waals surface area contributed by atoms with E-state index >= 15 is 0 Å². The Hall–Kier alpha value is -2.23. The molecule has 0 bridgehead atoms. The second-order valence-electron chi connectivity index (χ2n) is 4.42. The molecule has 0 saturated carbocycles. The van der Waals surface area contributed by atoms with Crippen LogP contribution >= 0.6 is 0 Å². The third kappa shape index (κ3) is 3.02. The van der Waals surface area contributed by atoms with Gasteiger partial charge in [0.2, 0.25) is 0 Å². The van der Waals surface area contributed by atoms with Crippen molar-refractivity contribution in [2.45, 2.75) is 20.4 Å². The lowest BCUT2D eigenvalue weighted by atomic mass is 10.2. The van der Waals surface area contributed by atoms with Gasteiger partial charge >= 0.3 is 5.97 Å². The molecule has 0 aliphatic rings. The zero-order valence-corrected chi connectivity index (χ0v) is 11.9. The molecule has 0 N–H and O–H groups in total. The number of hydrogen-bond acceptors (Lipinski definition) is 3. The van der Waals surface area contributed by atoms with Gasteiger partial charge in [-0.3, -0.25) is 0 Å². The van der Waals surface area contributed by atoms with E-state index in [9.17, 15) is 4.79 Å². The molecule has 1 aromatic heterocycles.